The Bertz CT molecular complexity index is 808. The Morgan fingerprint density at radius 2 is 1.73 bits per heavy atom. The maximum atomic E-state index is 6.20. The Balaban J connectivity index is 2.13. The molecule has 0 bridgehead atoms. The van der Waals surface area contributed by atoms with Gasteiger partial charge in [0.15, 0.2) is 0 Å². The summed E-state index contributed by atoms with van der Waals surface area (Å²) in [6.45, 7) is 8.74. The van der Waals surface area contributed by atoms with Crippen LogP contribution < -0.4 is 0 Å². The number of alkyl halides is 1. The van der Waals surface area contributed by atoms with Crippen LogP contribution in [0.3, 0.4) is 0 Å². The van der Waals surface area contributed by atoms with E-state index in [4.69, 9.17) is 16.6 Å². The number of hydrogen-bond acceptors (Lipinski definition) is 1. The summed E-state index contributed by atoms with van der Waals surface area (Å²) >= 11 is 6.20. The van der Waals surface area contributed by atoms with Crippen molar-refractivity contribution < 1.29 is 0 Å². The van der Waals surface area contributed by atoms with Crippen molar-refractivity contribution in [1.82, 2.24) is 9.38 Å². The van der Waals surface area contributed by atoms with E-state index in [1.54, 1.807) is 0 Å². The first-order valence-corrected chi connectivity index (χ1v) is 8.08. The van der Waals surface area contributed by atoms with E-state index in [1.807, 2.05) is 6.07 Å². The number of nitrogens with zero attached hydrogens (tertiary/aromatic N) is 2. The van der Waals surface area contributed by atoms with Gasteiger partial charge in [0.25, 0.3) is 0 Å². The number of hydrogen-bond donors (Lipinski definition) is 0. The van der Waals surface area contributed by atoms with E-state index in [-0.39, 0.29) is 5.41 Å². The number of pyridine rings is 1. The maximum absolute atomic E-state index is 6.20. The summed E-state index contributed by atoms with van der Waals surface area (Å²) in [5.41, 5.74) is 6.75. The lowest BCUT2D eigenvalue weighted by atomic mass is 9.86. The number of aromatic nitrogens is 2. The van der Waals surface area contributed by atoms with Crippen LogP contribution in [0.4, 0.5) is 0 Å². The quantitative estimate of drug-likeness (QED) is 0.583. The van der Waals surface area contributed by atoms with Gasteiger partial charge in [-0.25, -0.2) is 4.98 Å². The first-order valence-electron chi connectivity index (χ1n) is 7.54. The fourth-order valence-electron chi connectivity index (χ4n) is 2.69. The normalized spacial score (nSPS) is 12.0. The molecule has 3 rings (SSSR count). The van der Waals surface area contributed by atoms with E-state index in [1.165, 1.54) is 11.1 Å². The van der Waals surface area contributed by atoms with Crippen LogP contribution in [0.1, 0.15) is 37.6 Å². The zero-order valence-electron chi connectivity index (χ0n) is 13.5. The maximum Gasteiger partial charge on any atom is 0.137 e. The summed E-state index contributed by atoms with van der Waals surface area (Å²) < 4.78 is 2.09. The Kier molecular flexibility index (Phi) is 3.73. The van der Waals surface area contributed by atoms with Gasteiger partial charge in [0.05, 0.1) is 17.3 Å². The van der Waals surface area contributed by atoms with Crippen LogP contribution in [0, 0.1) is 6.92 Å². The SMILES string of the molecule is Cc1ccc2nc(-c3ccc(C(C)(C)C)cc3)c(CCl)n2c1. The molecule has 0 aliphatic carbocycles. The van der Waals surface area contributed by atoms with Gasteiger partial charge in [-0.05, 0) is 29.5 Å². The van der Waals surface area contributed by atoms with Gasteiger partial charge in [-0.2, -0.15) is 0 Å². The summed E-state index contributed by atoms with van der Waals surface area (Å²) in [6.07, 6.45) is 2.09. The Morgan fingerprint density at radius 3 is 2.32 bits per heavy atom. The first kappa shape index (κ1) is 15.1. The molecule has 22 heavy (non-hydrogen) atoms. The highest BCUT2D eigenvalue weighted by Gasteiger charge is 2.16. The predicted molar refractivity (Wildman–Crippen MR) is 93.6 cm³/mol. The summed E-state index contributed by atoms with van der Waals surface area (Å²) in [7, 11) is 0. The van der Waals surface area contributed by atoms with E-state index in [0.29, 0.717) is 5.88 Å². The monoisotopic (exact) mass is 312 g/mol. The third kappa shape index (κ3) is 2.64. The highest BCUT2D eigenvalue weighted by molar-refractivity contribution is 6.17. The highest BCUT2D eigenvalue weighted by atomic mass is 35.5. The molecule has 1 aromatic carbocycles. The van der Waals surface area contributed by atoms with E-state index in [9.17, 15) is 0 Å². The van der Waals surface area contributed by atoms with E-state index in [0.717, 1.165) is 22.6 Å². The molecule has 0 radical (unpaired) electrons. The van der Waals surface area contributed by atoms with Crippen molar-refractivity contribution in [2.45, 2.75) is 39.0 Å². The van der Waals surface area contributed by atoms with E-state index < -0.39 is 0 Å². The second-order valence-electron chi connectivity index (χ2n) is 6.80. The topological polar surface area (TPSA) is 17.3 Å². The molecule has 0 spiro atoms. The Morgan fingerprint density at radius 1 is 1.05 bits per heavy atom. The lowest BCUT2D eigenvalue weighted by Gasteiger charge is -2.19. The van der Waals surface area contributed by atoms with Gasteiger partial charge in [-0.1, -0.05) is 51.1 Å². The fraction of sp³-hybridized carbons (Fsp3) is 0.316. The van der Waals surface area contributed by atoms with E-state index in [2.05, 4.69) is 68.6 Å². The molecule has 0 fully saturated rings. The molecule has 3 aromatic rings. The lowest BCUT2D eigenvalue weighted by Crippen LogP contribution is -2.10. The lowest BCUT2D eigenvalue weighted by molar-refractivity contribution is 0.590. The van der Waals surface area contributed by atoms with Crippen LogP contribution >= 0.6 is 11.6 Å². The molecule has 0 aliphatic heterocycles. The molecule has 2 aromatic heterocycles. The van der Waals surface area contributed by atoms with Crippen molar-refractivity contribution in [3.05, 3.63) is 59.4 Å². The fourth-order valence-corrected chi connectivity index (χ4v) is 2.94. The minimum absolute atomic E-state index is 0.157. The van der Waals surface area contributed by atoms with Crippen molar-refractivity contribution >= 4 is 17.2 Å². The van der Waals surface area contributed by atoms with Gasteiger partial charge in [-0.3, -0.25) is 0 Å². The molecule has 114 valence electrons. The van der Waals surface area contributed by atoms with Crippen LogP contribution in [0.5, 0.6) is 0 Å². The first-order chi connectivity index (χ1) is 10.4. The van der Waals surface area contributed by atoms with Gasteiger partial charge < -0.3 is 4.40 Å². The molecule has 0 saturated heterocycles. The number of rotatable bonds is 2. The predicted octanol–water partition coefficient (Wildman–Crippen LogP) is 5.35. The third-order valence-corrected chi connectivity index (χ3v) is 4.27. The second kappa shape index (κ2) is 5.44. The van der Waals surface area contributed by atoms with Crippen LogP contribution in [-0.4, -0.2) is 9.38 Å². The summed E-state index contributed by atoms with van der Waals surface area (Å²) in [5, 5.41) is 0. The van der Waals surface area contributed by atoms with Gasteiger partial charge in [0.1, 0.15) is 5.65 Å². The average Bonchev–Trinajstić information content (AvgIpc) is 2.84. The largest absolute Gasteiger partial charge is 0.302 e. The van der Waals surface area contributed by atoms with Gasteiger partial charge >= 0.3 is 0 Å². The summed E-state index contributed by atoms with van der Waals surface area (Å²) in [5.74, 6) is 0.445. The number of fused-ring (bicyclic) bond motifs is 1. The van der Waals surface area contributed by atoms with Crippen LogP contribution in [0.25, 0.3) is 16.9 Å². The molecular weight excluding hydrogens is 292 g/mol. The molecule has 2 nitrogen and oxygen atoms in total. The number of benzene rings is 1. The molecule has 0 N–H and O–H groups in total. The molecule has 2 heterocycles. The standard InChI is InChI=1S/C19H21ClN2/c1-13-5-10-17-21-18(16(11-20)22(17)12-13)14-6-8-15(9-7-14)19(2,3)4/h5-10,12H,11H2,1-4H3. The van der Waals surface area contributed by atoms with Gasteiger partial charge in [0.2, 0.25) is 0 Å². The minimum atomic E-state index is 0.157. The van der Waals surface area contributed by atoms with Crippen molar-refractivity contribution in [2.24, 2.45) is 0 Å². The van der Waals surface area contributed by atoms with Gasteiger partial charge in [0, 0.05) is 11.8 Å². The number of imidazole rings is 1. The van der Waals surface area contributed by atoms with Gasteiger partial charge in [-0.15, -0.1) is 11.6 Å². The van der Waals surface area contributed by atoms with Crippen LogP contribution in [-0.2, 0) is 11.3 Å². The zero-order valence-corrected chi connectivity index (χ0v) is 14.3. The van der Waals surface area contributed by atoms with Crippen molar-refractivity contribution in [3.8, 4) is 11.3 Å². The highest BCUT2D eigenvalue weighted by Crippen LogP contribution is 2.29. The summed E-state index contributed by atoms with van der Waals surface area (Å²) in [6, 6.07) is 12.8. The smallest absolute Gasteiger partial charge is 0.137 e. The molecule has 0 aliphatic rings. The molecule has 3 heteroatoms. The Labute approximate surface area is 136 Å². The van der Waals surface area contributed by atoms with Crippen molar-refractivity contribution in [2.75, 3.05) is 0 Å². The average molecular weight is 313 g/mol. The molecule has 0 atom stereocenters. The summed E-state index contributed by atoms with van der Waals surface area (Å²) in [4.78, 5) is 4.77. The molecule has 0 unspecified atom stereocenters. The molecule has 0 saturated carbocycles. The molecular formula is C19H21ClN2. The third-order valence-electron chi connectivity index (χ3n) is 4.02. The zero-order chi connectivity index (χ0) is 15.9. The second-order valence-corrected chi connectivity index (χ2v) is 7.07. The van der Waals surface area contributed by atoms with Crippen molar-refractivity contribution in [3.63, 3.8) is 0 Å². The number of halogens is 1. The van der Waals surface area contributed by atoms with Crippen LogP contribution in [0.2, 0.25) is 0 Å². The van der Waals surface area contributed by atoms with Crippen molar-refractivity contribution in [1.29, 1.82) is 0 Å². The van der Waals surface area contributed by atoms with Crippen LogP contribution in [0.15, 0.2) is 42.6 Å². The molecule has 0 amide bonds. The van der Waals surface area contributed by atoms with E-state index >= 15 is 0 Å². The minimum Gasteiger partial charge on any atom is -0.302 e. The number of aryl methyl sites for hydroxylation is 1. The Hall–Kier alpha value is -1.80.